The van der Waals surface area contributed by atoms with Gasteiger partial charge in [0.2, 0.25) is 0 Å². The quantitative estimate of drug-likeness (QED) is 0.194. The summed E-state index contributed by atoms with van der Waals surface area (Å²) in [4.78, 5) is 23.0. The molecule has 1 unspecified atom stereocenters. The zero-order chi connectivity index (χ0) is 18.9. The minimum atomic E-state index is -0.117. The van der Waals surface area contributed by atoms with Gasteiger partial charge in [0.15, 0.2) is 0 Å². The molecule has 1 rings (SSSR count). The molecule has 1 atom stereocenters. The fourth-order valence-corrected chi connectivity index (χ4v) is 2.81. The minimum Gasteiger partial charge on any atom is -0.466 e. The lowest BCUT2D eigenvalue weighted by Crippen LogP contribution is -2.09. The molecule has 0 bridgehead atoms. The van der Waals surface area contributed by atoms with Crippen LogP contribution < -0.4 is 0 Å². The third-order valence-corrected chi connectivity index (χ3v) is 4.61. The maximum absolute atomic E-state index is 11.6. The minimum absolute atomic E-state index is 0.0547. The van der Waals surface area contributed by atoms with Gasteiger partial charge in [0.25, 0.3) is 0 Å². The lowest BCUT2D eigenvalue weighted by molar-refractivity contribution is -0.145. The molecule has 152 valence electrons. The Balaban J connectivity index is 1.74. The summed E-state index contributed by atoms with van der Waals surface area (Å²) in [7, 11) is 0. The summed E-state index contributed by atoms with van der Waals surface area (Å²) < 4.78 is 15.3. The van der Waals surface area contributed by atoms with Crippen molar-refractivity contribution in [1.29, 1.82) is 0 Å². The molecule has 0 aromatic carbocycles. The van der Waals surface area contributed by atoms with E-state index in [1.54, 1.807) is 0 Å². The molecule has 0 N–H and O–H groups in total. The first-order valence-corrected chi connectivity index (χ1v) is 10.6. The number of ether oxygens (including phenoxy) is 3. The van der Waals surface area contributed by atoms with Gasteiger partial charge in [-0.15, -0.1) is 0 Å². The van der Waals surface area contributed by atoms with Crippen LogP contribution in [0.3, 0.4) is 0 Å². The maximum atomic E-state index is 11.6. The van der Waals surface area contributed by atoms with Crippen molar-refractivity contribution in [3.05, 3.63) is 0 Å². The average Bonchev–Trinajstić information content (AvgIpc) is 3.46. The van der Waals surface area contributed by atoms with Crippen molar-refractivity contribution < 1.29 is 23.8 Å². The van der Waals surface area contributed by atoms with Crippen molar-refractivity contribution in [2.24, 2.45) is 0 Å². The third kappa shape index (κ3) is 15.2. The monoisotopic (exact) mass is 370 g/mol. The van der Waals surface area contributed by atoms with Crippen molar-refractivity contribution >= 4 is 11.9 Å². The first kappa shape index (κ1) is 22.9. The molecule has 0 aliphatic carbocycles. The van der Waals surface area contributed by atoms with E-state index in [4.69, 9.17) is 14.2 Å². The normalized spacial score (nSPS) is 15.7. The van der Waals surface area contributed by atoms with Crippen molar-refractivity contribution in [1.82, 2.24) is 0 Å². The predicted octanol–water partition coefficient (Wildman–Crippen LogP) is 4.95. The molecular weight excluding hydrogens is 332 g/mol. The number of epoxide rings is 1. The highest BCUT2D eigenvalue weighted by Gasteiger charge is 2.23. The van der Waals surface area contributed by atoms with Gasteiger partial charge in [0.05, 0.1) is 13.2 Å². The Morgan fingerprint density at radius 3 is 1.85 bits per heavy atom. The largest absolute Gasteiger partial charge is 0.466 e. The van der Waals surface area contributed by atoms with Crippen LogP contribution >= 0.6 is 0 Å². The highest BCUT2D eigenvalue weighted by molar-refractivity contribution is 5.69. The number of unbranched alkanes of at least 4 members (excludes halogenated alkanes) is 10. The lowest BCUT2D eigenvalue weighted by atomic mass is 10.1. The van der Waals surface area contributed by atoms with Gasteiger partial charge < -0.3 is 14.2 Å². The zero-order valence-electron chi connectivity index (χ0n) is 16.6. The molecule has 0 radical (unpaired) electrons. The average molecular weight is 371 g/mol. The van der Waals surface area contributed by atoms with Gasteiger partial charge >= 0.3 is 11.9 Å². The Bertz CT molecular complexity index is 365. The van der Waals surface area contributed by atoms with Crippen molar-refractivity contribution in [2.75, 3.05) is 19.8 Å². The van der Waals surface area contributed by atoms with Crippen LogP contribution in [-0.2, 0) is 23.8 Å². The molecule has 5 heteroatoms. The van der Waals surface area contributed by atoms with Crippen LogP contribution in [0.1, 0.15) is 96.8 Å². The standard InChI is InChI=1S/C21H38O5/c1-2-3-4-5-10-13-16-24-20(22)14-11-8-6-7-9-12-15-21(23)26-18-19-17-25-19/h19H,2-18H2,1H3. The fourth-order valence-electron chi connectivity index (χ4n) is 2.81. The molecule has 1 aliphatic heterocycles. The number of esters is 2. The zero-order valence-corrected chi connectivity index (χ0v) is 16.6. The van der Waals surface area contributed by atoms with E-state index < -0.39 is 0 Å². The number of rotatable bonds is 18. The summed E-state index contributed by atoms with van der Waals surface area (Å²) in [5.41, 5.74) is 0. The lowest BCUT2D eigenvalue weighted by Gasteiger charge is -2.05. The van der Waals surface area contributed by atoms with Gasteiger partial charge in [0.1, 0.15) is 12.7 Å². The number of hydrogen-bond donors (Lipinski definition) is 0. The van der Waals surface area contributed by atoms with Crippen LogP contribution in [0.2, 0.25) is 0 Å². The number of hydrogen-bond acceptors (Lipinski definition) is 5. The van der Waals surface area contributed by atoms with Gasteiger partial charge in [-0.2, -0.15) is 0 Å². The molecule has 1 heterocycles. The van der Waals surface area contributed by atoms with E-state index in [0.717, 1.165) is 58.0 Å². The van der Waals surface area contributed by atoms with Crippen molar-refractivity contribution in [2.45, 2.75) is 103 Å². The second-order valence-electron chi connectivity index (χ2n) is 7.25. The van der Waals surface area contributed by atoms with Gasteiger partial charge in [-0.1, -0.05) is 64.7 Å². The first-order valence-electron chi connectivity index (χ1n) is 10.6. The molecule has 0 saturated carbocycles. The van der Waals surface area contributed by atoms with Crippen LogP contribution in [0.25, 0.3) is 0 Å². The summed E-state index contributed by atoms with van der Waals surface area (Å²) in [5.74, 6) is -0.172. The summed E-state index contributed by atoms with van der Waals surface area (Å²) in [6, 6.07) is 0. The fraction of sp³-hybridized carbons (Fsp3) is 0.905. The highest BCUT2D eigenvalue weighted by Crippen LogP contribution is 2.12. The van der Waals surface area contributed by atoms with Gasteiger partial charge in [-0.25, -0.2) is 0 Å². The van der Waals surface area contributed by atoms with Gasteiger partial charge in [-0.3, -0.25) is 9.59 Å². The summed E-state index contributed by atoms with van der Waals surface area (Å²) >= 11 is 0. The molecule has 26 heavy (non-hydrogen) atoms. The molecule has 5 nitrogen and oxygen atoms in total. The summed E-state index contributed by atoms with van der Waals surface area (Å²) in [6.45, 7) is 3.92. The molecule has 0 aromatic heterocycles. The molecular formula is C21H38O5. The van der Waals surface area contributed by atoms with Crippen LogP contribution in [0, 0.1) is 0 Å². The maximum Gasteiger partial charge on any atom is 0.305 e. The van der Waals surface area contributed by atoms with Gasteiger partial charge in [0, 0.05) is 12.8 Å². The Hall–Kier alpha value is -1.10. The van der Waals surface area contributed by atoms with Crippen LogP contribution in [0.15, 0.2) is 0 Å². The van der Waals surface area contributed by atoms with E-state index in [2.05, 4.69) is 6.92 Å². The number of carbonyl (C=O) groups is 2. The number of carbonyl (C=O) groups excluding carboxylic acids is 2. The van der Waals surface area contributed by atoms with Crippen molar-refractivity contribution in [3.8, 4) is 0 Å². The first-order chi connectivity index (χ1) is 12.7. The summed E-state index contributed by atoms with van der Waals surface area (Å²) in [5, 5.41) is 0. The molecule has 0 amide bonds. The Labute approximate surface area is 159 Å². The highest BCUT2D eigenvalue weighted by atomic mass is 16.6. The topological polar surface area (TPSA) is 65.1 Å². The molecule has 0 spiro atoms. The molecule has 1 aliphatic rings. The Kier molecular flexibility index (Phi) is 14.2. The molecule has 1 fully saturated rings. The van der Waals surface area contributed by atoms with E-state index >= 15 is 0 Å². The summed E-state index contributed by atoms with van der Waals surface area (Å²) in [6.07, 6.45) is 14.5. The molecule has 1 saturated heterocycles. The van der Waals surface area contributed by atoms with E-state index in [9.17, 15) is 9.59 Å². The second-order valence-corrected chi connectivity index (χ2v) is 7.25. The van der Waals surface area contributed by atoms with Gasteiger partial charge in [-0.05, 0) is 19.3 Å². The van der Waals surface area contributed by atoms with E-state index in [-0.39, 0.29) is 18.0 Å². The second kappa shape index (κ2) is 16.1. The predicted molar refractivity (Wildman–Crippen MR) is 102 cm³/mol. The Morgan fingerprint density at radius 1 is 0.769 bits per heavy atom. The molecule has 0 aromatic rings. The van der Waals surface area contributed by atoms with E-state index in [1.165, 1.54) is 25.7 Å². The van der Waals surface area contributed by atoms with Crippen LogP contribution in [0.4, 0.5) is 0 Å². The van der Waals surface area contributed by atoms with E-state index in [1.807, 2.05) is 0 Å². The Morgan fingerprint density at radius 2 is 1.27 bits per heavy atom. The van der Waals surface area contributed by atoms with E-state index in [0.29, 0.717) is 26.1 Å². The third-order valence-electron chi connectivity index (χ3n) is 4.61. The van der Waals surface area contributed by atoms with Crippen molar-refractivity contribution in [3.63, 3.8) is 0 Å². The van der Waals surface area contributed by atoms with Crippen LogP contribution in [0.5, 0.6) is 0 Å². The SMILES string of the molecule is CCCCCCCCOC(=O)CCCCCCCCC(=O)OCC1CO1. The van der Waals surface area contributed by atoms with Crippen LogP contribution in [-0.4, -0.2) is 37.9 Å². The smallest absolute Gasteiger partial charge is 0.305 e.